The lowest BCUT2D eigenvalue weighted by molar-refractivity contribution is 0.0914. The van der Waals surface area contributed by atoms with Crippen molar-refractivity contribution in [2.75, 3.05) is 13.2 Å². The minimum Gasteiger partial charge on any atom is -0.388 e. The lowest BCUT2D eigenvalue weighted by Gasteiger charge is -2.15. The highest BCUT2D eigenvalue weighted by Crippen LogP contribution is 2.27. The molecular weight excluding hydrogens is 168 g/mol. The number of aromatic nitrogens is 2. The van der Waals surface area contributed by atoms with Gasteiger partial charge in [-0.25, -0.2) is 0 Å². The van der Waals surface area contributed by atoms with E-state index in [0.29, 0.717) is 6.61 Å². The molecule has 1 aromatic heterocycles. The van der Waals surface area contributed by atoms with Gasteiger partial charge in [0.1, 0.15) is 0 Å². The zero-order chi connectivity index (χ0) is 9.10. The monoisotopic (exact) mass is 180 g/mol. The Morgan fingerprint density at radius 2 is 2.46 bits per heavy atom. The van der Waals surface area contributed by atoms with Crippen molar-refractivity contribution in [3.63, 3.8) is 0 Å². The largest absolute Gasteiger partial charge is 0.388 e. The summed E-state index contributed by atoms with van der Waals surface area (Å²) in [5.74, 6) is 0.212. The van der Waals surface area contributed by atoms with Gasteiger partial charge in [-0.15, -0.1) is 0 Å². The molecule has 4 nitrogen and oxygen atoms in total. The Bertz CT molecular complexity index is 260. The van der Waals surface area contributed by atoms with Gasteiger partial charge >= 0.3 is 0 Å². The van der Waals surface area contributed by atoms with E-state index >= 15 is 0 Å². The summed E-state index contributed by atoms with van der Waals surface area (Å²) < 4.78 is 5.20. The smallest absolute Gasteiger partial charge is 0.0857 e. The van der Waals surface area contributed by atoms with Crippen LogP contribution in [0.3, 0.4) is 0 Å². The number of nitrogens with zero attached hydrogens (tertiary/aromatic N) is 2. The van der Waals surface area contributed by atoms with Crippen LogP contribution in [0.1, 0.15) is 18.1 Å². The highest BCUT2D eigenvalue weighted by molar-refractivity contribution is 5.10. The van der Waals surface area contributed by atoms with Gasteiger partial charge in [0.05, 0.1) is 18.9 Å². The maximum atomic E-state index is 9.87. The van der Waals surface area contributed by atoms with Crippen molar-refractivity contribution in [3.05, 3.63) is 24.0 Å². The lowest BCUT2D eigenvalue weighted by atomic mass is 9.97. The Labute approximate surface area is 76.6 Å². The van der Waals surface area contributed by atoms with Gasteiger partial charge in [0.25, 0.3) is 0 Å². The van der Waals surface area contributed by atoms with Crippen LogP contribution in [0.25, 0.3) is 0 Å². The lowest BCUT2D eigenvalue weighted by Crippen LogP contribution is -2.12. The fraction of sp³-hybridized carbons (Fsp3) is 0.556. The molecule has 1 saturated heterocycles. The van der Waals surface area contributed by atoms with Gasteiger partial charge in [-0.2, -0.15) is 10.2 Å². The van der Waals surface area contributed by atoms with Gasteiger partial charge in [-0.05, 0) is 12.5 Å². The van der Waals surface area contributed by atoms with E-state index in [4.69, 9.17) is 4.74 Å². The molecule has 0 bridgehead atoms. The topological polar surface area (TPSA) is 55.2 Å². The summed E-state index contributed by atoms with van der Waals surface area (Å²) in [6, 6.07) is 1.79. The number of ether oxygens (including phenoxy) is 1. The Balaban J connectivity index is 2.08. The van der Waals surface area contributed by atoms with Crippen LogP contribution in [0.5, 0.6) is 0 Å². The maximum Gasteiger partial charge on any atom is 0.0857 e. The second-order valence-corrected chi connectivity index (χ2v) is 3.24. The number of rotatable bonds is 2. The van der Waals surface area contributed by atoms with E-state index in [1.54, 1.807) is 18.5 Å². The fourth-order valence-electron chi connectivity index (χ4n) is 1.55. The van der Waals surface area contributed by atoms with Crippen molar-refractivity contribution < 1.29 is 9.84 Å². The molecule has 2 atom stereocenters. The van der Waals surface area contributed by atoms with Crippen LogP contribution in [0.15, 0.2) is 18.5 Å². The van der Waals surface area contributed by atoms with E-state index in [-0.39, 0.29) is 5.92 Å². The molecule has 13 heavy (non-hydrogen) atoms. The molecule has 0 saturated carbocycles. The maximum absolute atomic E-state index is 9.87. The van der Waals surface area contributed by atoms with Crippen molar-refractivity contribution >= 4 is 0 Å². The summed E-state index contributed by atoms with van der Waals surface area (Å²) in [5.41, 5.74) is 0.825. The van der Waals surface area contributed by atoms with Gasteiger partial charge < -0.3 is 9.84 Å². The number of aliphatic hydroxyl groups excluding tert-OH is 1. The van der Waals surface area contributed by atoms with Crippen LogP contribution < -0.4 is 0 Å². The molecule has 4 heteroatoms. The van der Waals surface area contributed by atoms with Gasteiger partial charge in [-0.1, -0.05) is 0 Å². The van der Waals surface area contributed by atoms with Crippen LogP contribution in [-0.4, -0.2) is 28.5 Å². The molecule has 0 spiro atoms. The van der Waals surface area contributed by atoms with Crippen molar-refractivity contribution in [1.29, 1.82) is 0 Å². The molecule has 1 aliphatic heterocycles. The SMILES string of the molecule is OC(c1ccnnc1)C1CCOC1. The predicted octanol–water partition coefficient (Wildman–Crippen LogP) is 0.546. The third-order valence-electron chi connectivity index (χ3n) is 2.36. The first-order valence-electron chi connectivity index (χ1n) is 4.40. The molecule has 2 unspecified atom stereocenters. The van der Waals surface area contributed by atoms with Crippen LogP contribution in [0, 0.1) is 5.92 Å². The Kier molecular flexibility index (Phi) is 2.52. The fourth-order valence-corrected chi connectivity index (χ4v) is 1.55. The molecule has 2 heterocycles. The molecule has 0 aliphatic carbocycles. The first-order chi connectivity index (χ1) is 6.38. The average molecular weight is 180 g/mol. The van der Waals surface area contributed by atoms with E-state index in [1.807, 2.05) is 0 Å². The minimum atomic E-state index is -0.460. The molecule has 1 fully saturated rings. The standard InChI is InChI=1S/C9H12N2O2/c12-9(8-2-4-13-6-8)7-1-3-10-11-5-7/h1,3,5,8-9,12H,2,4,6H2. The molecule has 1 N–H and O–H groups in total. The molecule has 70 valence electrons. The molecular formula is C9H12N2O2. The van der Waals surface area contributed by atoms with Gasteiger partial charge in [0.15, 0.2) is 0 Å². The third-order valence-corrected chi connectivity index (χ3v) is 2.36. The highest BCUT2D eigenvalue weighted by Gasteiger charge is 2.25. The first-order valence-corrected chi connectivity index (χ1v) is 4.40. The Hall–Kier alpha value is -1.00. The van der Waals surface area contributed by atoms with Crippen molar-refractivity contribution in [2.24, 2.45) is 5.92 Å². The number of hydrogen-bond donors (Lipinski definition) is 1. The van der Waals surface area contributed by atoms with E-state index in [2.05, 4.69) is 10.2 Å². The summed E-state index contributed by atoms with van der Waals surface area (Å²) in [5, 5.41) is 17.3. The molecule has 0 aromatic carbocycles. The van der Waals surface area contributed by atoms with Gasteiger partial charge in [0, 0.05) is 24.3 Å². The molecule has 2 rings (SSSR count). The van der Waals surface area contributed by atoms with Crippen LogP contribution in [0.4, 0.5) is 0 Å². The molecule has 0 amide bonds. The van der Waals surface area contributed by atoms with E-state index in [1.165, 1.54) is 0 Å². The summed E-state index contributed by atoms with van der Waals surface area (Å²) in [6.07, 6.45) is 3.65. The second-order valence-electron chi connectivity index (χ2n) is 3.24. The highest BCUT2D eigenvalue weighted by atomic mass is 16.5. The molecule has 1 aromatic rings. The third kappa shape index (κ3) is 1.84. The number of aliphatic hydroxyl groups is 1. The van der Waals surface area contributed by atoms with Gasteiger partial charge in [0.2, 0.25) is 0 Å². The van der Waals surface area contributed by atoms with Crippen molar-refractivity contribution in [2.45, 2.75) is 12.5 Å². The number of hydrogen-bond acceptors (Lipinski definition) is 4. The van der Waals surface area contributed by atoms with Crippen LogP contribution >= 0.6 is 0 Å². The van der Waals surface area contributed by atoms with Crippen LogP contribution in [0.2, 0.25) is 0 Å². The zero-order valence-electron chi connectivity index (χ0n) is 7.26. The van der Waals surface area contributed by atoms with E-state index in [9.17, 15) is 5.11 Å². The van der Waals surface area contributed by atoms with Gasteiger partial charge in [-0.3, -0.25) is 0 Å². The second kappa shape index (κ2) is 3.81. The van der Waals surface area contributed by atoms with E-state index < -0.39 is 6.10 Å². The first kappa shape index (κ1) is 8.59. The Morgan fingerprint density at radius 1 is 1.54 bits per heavy atom. The van der Waals surface area contributed by atoms with E-state index in [0.717, 1.165) is 18.6 Å². The summed E-state index contributed by atoms with van der Waals surface area (Å²) in [6.45, 7) is 1.39. The average Bonchev–Trinajstić information content (AvgIpc) is 2.71. The van der Waals surface area contributed by atoms with Crippen molar-refractivity contribution in [3.8, 4) is 0 Å². The predicted molar refractivity (Wildman–Crippen MR) is 45.9 cm³/mol. The summed E-state index contributed by atoms with van der Waals surface area (Å²) >= 11 is 0. The zero-order valence-corrected chi connectivity index (χ0v) is 7.26. The quantitative estimate of drug-likeness (QED) is 0.722. The van der Waals surface area contributed by atoms with Crippen molar-refractivity contribution in [1.82, 2.24) is 10.2 Å². The molecule has 0 radical (unpaired) electrons. The molecule has 1 aliphatic rings. The Morgan fingerprint density at radius 3 is 3.08 bits per heavy atom. The normalized spacial score (nSPS) is 24.5. The van der Waals surface area contributed by atoms with Crippen LogP contribution in [-0.2, 0) is 4.74 Å². The summed E-state index contributed by atoms with van der Waals surface area (Å²) in [4.78, 5) is 0. The summed E-state index contributed by atoms with van der Waals surface area (Å²) in [7, 11) is 0. The minimum absolute atomic E-state index is 0.212.